The number of carbonyl (C=O) groups is 1. The van der Waals surface area contributed by atoms with Gasteiger partial charge in [-0.1, -0.05) is 62.9 Å². The van der Waals surface area contributed by atoms with Crippen LogP contribution in [0.2, 0.25) is 0 Å². The van der Waals surface area contributed by atoms with Gasteiger partial charge in [-0.05, 0) is 67.1 Å². The van der Waals surface area contributed by atoms with Crippen molar-refractivity contribution in [3.05, 3.63) is 72.3 Å². The maximum atomic E-state index is 11.9. The molecule has 28 heavy (non-hydrogen) atoms. The number of anilines is 1. The van der Waals surface area contributed by atoms with Crippen LogP contribution >= 0.6 is 0 Å². The number of nitrogens with one attached hydrogen (secondary N) is 1. The van der Waals surface area contributed by atoms with Crippen molar-refractivity contribution in [3.63, 3.8) is 0 Å². The van der Waals surface area contributed by atoms with Crippen LogP contribution in [0.5, 0.6) is 0 Å². The molecule has 1 fully saturated rings. The van der Waals surface area contributed by atoms with Crippen molar-refractivity contribution in [2.24, 2.45) is 5.92 Å². The molecule has 0 saturated carbocycles. The summed E-state index contributed by atoms with van der Waals surface area (Å²) in [5, 5.41) is 3.02. The van der Waals surface area contributed by atoms with E-state index in [9.17, 15) is 4.79 Å². The number of piperidine rings is 1. The van der Waals surface area contributed by atoms with Crippen LogP contribution in [0.3, 0.4) is 0 Å². The second kappa shape index (κ2) is 9.70. The predicted octanol–water partition coefficient (Wildman–Crippen LogP) is 5.56. The SMILES string of the molecule is C=C(CCN1CCC(c2cccc(NC(=O)C(C)C)c2)CC1)c1ccccc1. The molecule has 0 bridgehead atoms. The quantitative estimate of drug-likeness (QED) is 0.686. The third-order valence-electron chi connectivity index (χ3n) is 5.65. The number of hydrogen-bond acceptors (Lipinski definition) is 2. The molecule has 1 aliphatic heterocycles. The zero-order valence-electron chi connectivity index (χ0n) is 17.2. The van der Waals surface area contributed by atoms with Gasteiger partial charge < -0.3 is 10.2 Å². The zero-order chi connectivity index (χ0) is 19.9. The lowest BCUT2D eigenvalue weighted by atomic mass is 9.89. The lowest BCUT2D eigenvalue weighted by molar-refractivity contribution is -0.118. The summed E-state index contributed by atoms with van der Waals surface area (Å²) in [4.78, 5) is 14.5. The predicted molar refractivity (Wildman–Crippen MR) is 118 cm³/mol. The molecule has 1 heterocycles. The van der Waals surface area contributed by atoms with E-state index >= 15 is 0 Å². The highest BCUT2D eigenvalue weighted by atomic mass is 16.1. The molecule has 2 aromatic carbocycles. The van der Waals surface area contributed by atoms with Gasteiger partial charge in [0.15, 0.2) is 0 Å². The van der Waals surface area contributed by atoms with E-state index in [1.807, 2.05) is 26.0 Å². The van der Waals surface area contributed by atoms with Crippen LogP contribution in [0.15, 0.2) is 61.2 Å². The first-order valence-corrected chi connectivity index (χ1v) is 10.4. The van der Waals surface area contributed by atoms with Gasteiger partial charge >= 0.3 is 0 Å². The number of rotatable bonds is 7. The van der Waals surface area contributed by atoms with E-state index < -0.39 is 0 Å². The number of carbonyl (C=O) groups excluding carboxylic acids is 1. The van der Waals surface area contributed by atoms with Gasteiger partial charge in [0, 0.05) is 18.2 Å². The lowest BCUT2D eigenvalue weighted by Gasteiger charge is -2.32. The van der Waals surface area contributed by atoms with E-state index in [0.29, 0.717) is 5.92 Å². The maximum absolute atomic E-state index is 11.9. The Hall–Kier alpha value is -2.39. The van der Waals surface area contributed by atoms with E-state index in [-0.39, 0.29) is 11.8 Å². The molecule has 3 nitrogen and oxygen atoms in total. The summed E-state index contributed by atoms with van der Waals surface area (Å²) < 4.78 is 0. The first-order chi connectivity index (χ1) is 13.5. The van der Waals surface area contributed by atoms with Crippen molar-refractivity contribution >= 4 is 17.2 Å². The molecule has 1 N–H and O–H groups in total. The van der Waals surface area contributed by atoms with Gasteiger partial charge in [-0.15, -0.1) is 0 Å². The molecule has 0 spiro atoms. The van der Waals surface area contributed by atoms with Gasteiger partial charge in [-0.25, -0.2) is 0 Å². The van der Waals surface area contributed by atoms with E-state index in [1.54, 1.807) is 0 Å². The normalized spacial score (nSPS) is 15.5. The van der Waals surface area contributed by atoms with Crippen molar-refractivity contribution in [2.75, 3.05) is 25.0 Å². The summed E-state index contributed by atoms with van der Waals surface area (Å²) in [6.45, 7) is 11.4. The summed E-state index contributed by atoms with van der Waals surface area (Å²) in [7, 11) is 0. The van der Waals surface area contributed by atoms with Crippen LogP contribution in [-0.2, 0) is 4.79 Å². The van der Waals surface area contributed by atoms with Gasteiger partial charge in [-0.2, -0.15) is 0 Å². The summed E-state index contributed by atoms with van der Waals surface area (Å²) in [6, 6.07) is 18.9. The summed E-state index contributed by atoms with van der Waals surface area (Å²) in [5.74, 6) is 0.646. The average molecular weight is 377 g/mol. The third kappa shape index (κ3) is 5.56. The number of amides is 1. The molecule has 148 valence electrons. The minimum absolute atomic E-state index is 0.00229. The third-order valence-corrected chi connectivity index (χ3v) is 5.65. The monoisotopic (exact) mass is 376 g/mol. The average Bonchev–Trinajstić information content (AvgIpc) is 2.73. The van der Waals surface area contributed by atoms with E-state index in [0.717, 1.165) is 31.7 Å². The second-order valence-electron chi connectivity index (χ2n) is 8.10. The fourth-order valence-corrected chi connectivity index (χ4v) is 3.76. The van der Waals surface area contributed by atoms with Crippen LogP contribution in [0.25, 0.3) is 5.57 Å². The zero-order valence-corrected chi connectivity index (χ0v) is 17.2. The molecule has 2 aromatic rings. The summed E-state index contributed by atoms with van der Waals surface area (Å²) >= 11 is 0. The minimum atomic E-state index is -0.00229. The van der Waals surface area contributed by atoms with Crippen LogP contribution in [0.1, 0.15) is 50.2 Å². The number of hydrogen-bond donors (Lipinski definition) is 1. The molecule has 0 atom stereocenters. The van der Waals surface area contributed by atoms with Crippen molar-refractivity contribution in [2.45, 2.75) is 39.0 Å². The first kappa shape index (κ1) is 20.3. The van der Waals surface area contributed by atoms with Crippen LogP contribution < -0.4 is 5.32 Å². The molecular weight excluding hydrogens is 344 g/mol. The Morgan fingerprint density at radius 1 is 1.11 bits per heavy atom. The Morgan fingerprint density at radius 2 is 1.82 bits per heavy atom. The minimum Gasteiger partial charge on any atom is -0.326 e. The Morgan fingerprint density at radius 3 is 2.50 bits per heavy atom. The molecular formula is C25H32N2O. The molecule has 1 saturated heterocycles. The van der Waals surface area contributed by atoms with Crippen molar-refractivity contribution in [1.82, 2.24) is 4.90 Å². The molecule has 0 unspecified atom stereocenters. The van der Waals surface area contributed by atoms with Gasteiger partial charge in [0.2, 0.25) is 5.91 Å². The Kier molecular flexibility index (Phi) is 7.05. The maximum Gasteiger partial charge on any atom is 0.226 e. The fraction of sp³-hybridized carbons (Fsp3) is 0.400. The van der Waals surface area contributed by atoms with Gasteiger partial charge in [0.05, 0.1) is 0 Å². The van der Waals surface area contributed by atoms with E-state index in [2.05, 4.69) is 59.3 Å². The lowest BCUT2D eigenvalue weighted by Crippen LogP contribution is -2.33. The highest BCUT2D eigenvalue weighted by Gasteiger charge is 2.21. The van der Waals surface area contributed by atoms with Crippen molar-refractivity contribution in [1.29, 1.82) is 0 Å². The Balaban J connectivity index is 1.49. The fourth-order valence-electron chi connectivity index (χ4n) is 3.76. The summed E-state index contributed by atoms with van der Waals surface area (Å²) in [5.41, 5.74) is 4.72. The smallest absolute Gasteiger partial charge is 0.226 e. The molecule has 0 aliphatic carbocycles. The summed E-state index contributed by atoms with van der Waals surface area (Å²) in [6.07, 6.45) is 3.35. The number of likely N-dealkylation sites (tertiary alicyclic amines) is 1. The van der Waals surface area contributed by atoms with Crippen molar-refractivity contribution < 1.29 is 4.79 Å². The second-order valence-corrected chi connectivity index (χ2v) is 8.10. The molecule has 0 radical (unpaired) electrons. The van der Waals surface area contributed by atoms with E-state index in [4.69, 9.17) is 0 Å². The highest BCUT2D eigenvalue weighted by molar-refractivity contribution is 5.92. The van der Waals surface area contributed by atoms with E-state index in [1.165, 1.54) is 29.5 Å². The van der Waals surface area contributed by atoms with Gasteiger partial charge in [-0.3, -0.25) is 4.79 Å². The largest absolute Gasteiger partial charge is 0.326 e. The van der Waals surface area contributed by atoms with Crippen LogP contribution in [0, 0.1) is 5.92 Å². The van der Waals surface area contributed by atoms with Crippen molar-refractivity contribution in [3.8, 4) is 0 Å². The molecule has 1 amide bonds. The van der Waals surface area contributed by atoms with Crippen LogP contribution in [-0.4, -0.2) is 30.4 Å². The van der Waals surface area contributed by atoms with Gasteiger partial charge in [0.25, 0.3) is 0 Å². The van der Waals surface area contributed by atoms with Crippen LogP contribution in [0.4, 0.5) is 5.69 Å². The van der Waals surface area contributed by atoms with Gasteiger partial charge in [0.1, 0.15) is 0 Å². The molecule has 3 rings (SSSR count). The highest BCUT2D eigenvalue weighted by Crippen LogP contribution is 2.30. The molecule has 3 heteroatoms. The Bertz CT molecular complexity index is 789. The number of benzene rings is 2. The molecule has 0 aromatic heterocycles. The standard InChI is InChI=1S/C25H32N2O/c1-19(2)25(28)26-24-11-7-10-23(18-24)22-13-16-27(17-14-22)15-12-20(3)21-8-5-4-6-9-21/h4-11,18-19,22H,3,12-17H2,1-2H3,(H,26,28). The Labute approximate surface area is 169 Å². The molecule has 1 aliphatic rings. The first-order valence-electron chi connectivity index (χ1n) is 10.4. The number of nitrogens with zero attached hydrogens (tertiary/aromatic N) is 1. The topological polar surface area (TPSA) is 32.3 Å².